The molecule has 0 unspecified atom stereocenters. The highest BCUT2D eigenvalue weighted by Gasteiger charge is 2.61. The Morgan fingerprint density at radius 3 is 2.57 bits per heavy atom. The number of fused-ring (bicyclic) bond motifs is 3. The van der Waals surface area contributed by atoms with Crippen LogP contribution in [-0.4, -0.2) is 91.3 Å². The number of aryl methyl sites for hydroxylation is 1. The summed E-state index contributed by atoms with van der Waals surface area (Å²) in [6, 6.07) is 4.93. The fourth-order valence-electron chi connectivity index (χ4n) is 6.63. The van der Waals surface area contributed by atoms with E-state index in [1.165, 1.54) is 17.4 Å². The van der Waals surface area contributed by atoms with Gasteiger partial charge in [-0.05, 0) is 55.2 Å². The van der Waals surface area contributed by atoms with E-state index in [9.17, 15) is 32.4 Å². The van der Waals surface area contributed by atoms with Crippen LogP contribution < -0.4 is 15.4 Å². The van der Waals surface area contributed by atoms with Crippen molar-refractivity contribution in [1.82, 2.24) is 25.2 Å². The average molecular weight is 662 g/mol. The number of rotatable bonds is 6. The number of cyclic esters (lactones) is 1. The third-order valence-corrected chi connectivity index (χ3v) is 10.7. The zero-order chi connectivity index (χ0) is 33.1. The van der Waals surface area contributed by atoms with Crippen molar-refractivity contribution in [3.63, 3.8) is 0 Å². The summed E-state index contributed by atoms with van der Waals surface area (Å²) in [6.07, 6.45) is 2.88. The number of hydrogen-bond donors (Lipinski definition) is 3. The highest BCUT2D eigenvalue weighted by atomic mass is 32.2. The van der Waals surface area contributed by atoms with Crippen LogP contribution in [0, 0.1) is 5.92 Å². The normalized spacial score (nSPS) is 27.3. The Bertz CT molecular complexity index is 1480. The number of hydrogen-bond acceptors (Lipinski definition) is 9. The largest absolute Gasteiger partial charge is 0.450 e. The SMILES string of the molecule is CC[C@@H]1C[C@@]1(NC(=O)[C@@H]1C[C@@H]2CN1C(=O)CNC(=O)OCCCCCCc1cccc3c1CN(C3)C(=O)O2)C(=O)NS(=O)(=O)CC. The van der Waals surface area contributed by atoms with E-state index < -0.39 is 64.2 Å². The molecule has 0 aromatic heterocycles. The molecular formula is C31H43N5O9S. The molecule has 1 saturated heterocycles. The number of alkyl carbamates (subject to hydrolysis) is 1. The molecule has 46 heavy (non-hydrogen) atoms. The Balaban J connectivity index is 1.34. The minimum Gasteiger partial charge on any atom is -0.450 e. The molecule has 4 aliphatic rings. The lowest BCUT2D eigenvalue weighted by Gasteiger charge is -2.26. The van der Waals surface area contributed by atoms with Crippen LogP contribution in [0.15, 0.2) is 18.2 Å². The van der Waals surface area contributed by atoms with Crippen molar-refractivity contribution < 1.29 is 41.9 Å². The molecule has 3 N–H and O–H groups in total. The van der Waals surface area contributed by atoms with E-state index in [1.54, 1.807) is 4.90 Å². The number of sulfonamides is 1. The second kappa shape index (κ2) is 13.9. The number of carbonyl (C=O) groups excluding carboxylic acids is 5. The van der Waals surface area contributed by atoms with Gasteiger partial charge in [0.15, 0.2) is 0 Å². The minimum atomic E-state index is -3.88. The third-order valence-electron chi connectivity index (χ3n) is 9.43. The quantitative estimate of drug-likeness (QED) is 0.409. The summed E-state index contributed by atoms with van der Waals surface area (Å²) in [4.78, 5) is 68.6. The second-order valence-electron chi connectivity index (χ2n) is 12.5. The first-order valence-corrected chi connectivity index (χ1v) is 17.7. The first-order chi connectivity index (χ1) is 22.0. The van der Waals surface area contributed by atoms with Crippen LogP contribution in [0.5, 0.6) is 0 Å². The fourth-order valence-corrected chi connectivity index (χ4v) is 7.24. The number of nitrogens with zero attached hydrogens (tertiary/aromatic N) is 2. The summed E-state index contributed by atoms with van der Waals surface area (Å²) in [7, 11) is -3.88. The molecule has 5 rings (SSSR count). The fraction of sp³-hybridized carbons (Fsp3) is 0.645. The molecule has 3 heterocycles. The van der Waals surface area contributed by atoms with Crippen LogP contribution in [0.1, 0.15) is 75.5 Å². The van der Waals surface area contributed by atoms with Crippen LogP contribution in [0.3, 0.4) is 0 Å². The van der Waals surface area contributed by atoms with Gasteiger partial charge < -0.3 is 25.0 Å². The molecule has 252 valence electrons. The molecule has 1 saturated carbocycles. The summed E-state index contributed by atoms with van der Waals surface area (Å²) in [5.74, 6) is -2.70. The van der Waals surface area contributed by atoms with E-state index in [-0.39, 0.29) is 37.7 Å². The van der Waals surface area contributed by atoms with Crippen LogP contribution >= 0.6 is 0 Å². The average Bonchev–Trinajstić information content (AvgIpc) is 3.33. The first-order valence-electron chi connectivity index (χ1n) is 16.1. The molecule has 15 heteroatoms. The number of amides is 5. The maximum Gasteiger partial charge on any atom is 0.410 e. The monoisotopic (exact) mass is 661 g/mol. The lowest BCUT2D eigenvalue weighted by atomic mass is 9.98. The predicted octanol–water partition coefficient (Wildman–Crippen LogP) is 1.70. The molecule has 4 bridgehead atoms. The third kappa shape index (κ3) is 7.39. The van der Waals surface area contributed by atoms with Gasteiger partial charge in [0, 0.05) is 19.5 Å². The number of carbonyl (C=O) groups is 5. The summed E-state index contributed by atoms with van der Waals surface area (Å²) in [5.41, 5.74) is 1.91. The van der Waals surface area contributed by atoms with E-state index in [1.807, 2.05) is 23.8 Å². The predicted molar refractivity (Wildman–Crippen MR) is 164 cm³/mol. The number of nitrogens with one attached hydrogen (secondary N) is 3. The summed E-state index contributed by atoms with van der Waals surface area (Å²) in [6.45, 7) is 3.67. The van der Waals surface area contributed by atoms with Crippen molar-refractivity contribution in [2.24, 2.45) is 5.92 Å². The number of benzene rings is 1. The van der Waals surface area contributed by atoms with E-state index in [0.717, 1.165) is 36.8 Å². The van der Waals surface area contributed by atoms with Gasteiger partial charge in [0.2, 0.25) is 21.8 Å². The summed E-state index contributed by atoms with van der Waals surface area (Å²) >= 11 is 0. The van der Waals surface area contributed by atoms with Gasteiger partial charge in [-0.3, -0.25) is 24.0 Å². The molecule has 2 fully saturated rings. The molecular weight excluding hydrogens is 618 g/mol. The molecule has 4 atom stereocenters. The molecule has 0 spiro atoms. The lowest BCUT2D eigenvalue weighted by Crippen LogP contribution is -2.57. The highest BCUT2D eigenvalue weighted by Crippen LogP contribution is 2.46. The Hall–Kier alpha value is -3.88. The van der Waals surface area contributed by atoms with E-state index >= 15 is 0 Å². The van der Waals surface area contributed by atoms with Crippen LogP contribution in [-0.2, 0) is 53.4 Å². The number of ether oxygens (including phenoxy) is 2. The van der Waals surface area contributed by atoms with Gasteiger partial charge in [-0.1, -0.05) is 44.4 Å². The second-order valence-corrected chi connectivity index (χ2v) is 14.5. The molecule has 1 aromatic carbocycles. The Morgan fingerprint density at radius 1 is 1.07 bits per heavy atom. The van der Waals surface area contributed by atoms with Crippen molar-refractivity contribution in [2.75, 3.05) is 25.4 Å². The van der Waals surface area contributed by atoms with E-state index in [2.05, 4.69) is 16.7 Å². The van der Waals surface area contributed by atoms with E-state index in [4.69, 9.17) is 9.47 Å². The smallest absolute Gasteiger partial charge is 0.410 e. The van der Waals surface area contributed by atoms with Crippen LogP contribution in [0.4, 0.5) is 9.59 Å². The van der Waals surface area contributed by atoms with Gasteiger partial charge in [-0.25, -0.2) is 18.0 Å². The van der Waals surface area contributed by atoms with Crippen molar-refractivity contribution in [2.45, 2.75) is 96.0 Å². The highest BCUT2D eigenvalue weighted by molar-refractivity contribution is 7.90. The Kier molecular flexibility index (Phi) is 10.1. The van der Waals surface area contributed by atoms with Crippen molar-refractivity contribution in [3.05, 3.63) is 34.9 Å². The van der Waals surface area contributed by atoms with Gasteiger partial charge in [-0.2, -0.15) is 0 Å². The maximum atomic E-state index is 13.7. The summed E-state index contributed by atoms with van der Waals surface area (Å²) < 4.78 is 37.4. The van der Waals surface area contributed by atoms with Crippen molar-refractivity contribution in [3.8, 4) is 0 Å². The zero-order valence-corrected chi connectivity index (χ0v) is 27.2. The van der Waals surface area contributed by atoms with Gasteiger partial charge in [0.25, 0.3) is 5.91 Å². The first kappa shape index (κ1) is 33.5. The van der Waals surface area contributed by atoms with Gasteiger partial charge >= 0.3 is 12.2 Å². The molecule has 3 aliphatic heterocycles. The Morgan fingerprint density at radius 2 is 1.83 bits per heavy atom. The summed E-state index contributed by atoms with van der Waals surface area (Å²) in [5, 5.41) is 5.16. The topological polar surface area (TPSA) is 181 Å². The molecule has 1 aromatic rings. The van der Waals surface area contributed by atoms with Crippen LogP contribution in [0.25, 0.3) is 0 Å². The van der Waals surface area contributed by atoms with Crippen molar-refractivity contribution in [1.29, 1.82) is 0 Å². The van der Waals surface area contributed by atoms with Gasteiger partial charge in [-0.15, -0.1) is 0 Å². The maximum absolute atomic E-state index is 13.7. The van der Waals surface area contributed by atoms with Gasteiger partial charge in [0.05, 0.1) is 18.9 Å². The van der Waals surface area contributed by atoms with Crippen LogP contribution in [0.2, 0.25) is 0 Å². The molecule has 5 amide bonds. The standard InChI is InChI=1S/C31H43N5O9S/c1-3-22-15-31(22,28(39)34-46(42,43)4-2)33-27(38)25-14-23-18-36(25)26(37)16-32-29(40)44-13-8-6-5-7-10-20-11-9-12-21-17-35(19-24(20)21)30(41)45-23/h9,11-12,22-23,25H,3-8,10,13-19H2,1-2H3,(H,32,40)(H,33,38)(H,34,39)/t22-,23-,25+,31+/m1/s1. The zero-order valence-electron chi connectivity index (χ0n) is 26.3. The molecule has 14 nitrogen and oxygen atoms in total. The van der Waals surface area contributed by atoms with Crippen molar-refractivity contribution >= 4 is 39.9 Å². The Labute approximate surface area is 268 Å². The lowest BCUT2D eigenvalue weighted by molar-refractivity contribution is -0.139. The van der Waals surface area contributed by atoms with Gasteiger partial charge in [0.1, 0.15) is 24.2 Å². The molecule has 1 aliphatic carbocycles. The van der Waals surface area contributed by atoms with E-state index in [0.29, 0.717) is 25.9 Å². The minimum absolute atomic E-state index is 0.0401. The molecule has 0 radical (unpaired) electrons.